The first kappa shape index (κ1) is 14.4. The maximum Gasteiger partial charge on any atom is 0.237 e. The van der Waals surface area contributed by atoms with E-state index in [1.54, 1.807) is 6.20 Å². The SMILES string of the molecule is CCc1nn(C)cc1CNc1cccnc1OC(C)C. The lowest BCUT2D eigenvalue weighted by molar-refractivity contribution is 0.234. The fourth-order valence-corrected chi connectivity index (χ4v) is 2.06. The van der Waals surface area contributed by atoms with Gasteiger partial charge in [0.05, 0.1) is 17.5 Å². The molecular weight excluding hydrogens is 252 g/mol. The van der Waals surface area contributed by atoms with Gasteiger partial charge in [0.15, 0.2) is 0 Å². The predicted molar refractivity (Wildman–Crippen MR) is 79.9 cm³/mol. The lowest BCUT2D eigenvalue weighted by atomic mass is 10.2. The van der Waals surface area contributed by atoms with Gasteiger partial charge in [0.25, 0.3) is 0 Å². The minimum absolute atomic E-state index is 0.107. The van der Waals surface area contributed by atoms with Crippen molar-refractivity contribution in [3.63, 3.8) is 0 Å². The number of hydrogen-bond donors (Lipinski definition) is 1. The van der Waals surface area contributed by atoms with Crippen LogP contribution in [0.25, 0.3) is 0 Å². The predicted octanol–water partition coefficient (Wildman–Crippen LogP) is 2.78. The molecule has 0 bridgehead atoms. The summed E-state index contributed by atoms with van der Waals surface area (Å²) in [6.45, 7) is 6.82. The molecule has 0 saturated carbocycles. The van der Waals surface area contributed by atoms with Crippen molar-refractivity contribution >= 4 is 5.69 Å². The maximum atomic E-state index is 5.70. The summed E-state index contributed by atoms with van der Waals surface area (Å²) in [5.74, 6) is 0.643. The molecule has 0 spiro atoms. The highest BCUT2D eigenvalue weighted by Crippen LogP contribution is 2.22. The molecule has 2 rings (SSSR count). The van der Waals surface area contributed by atoms with E-state index in [0.29, 0.717) is 5.88 Å². The first-order valence-corrected chi connectivity index (χ1v) is 6.97. The zero-order valence-electron chi connectivity index (χ0n) is 12.6. The van der Waals surface area contributed by atoms with Crippen molar-refractivity contribution in [2.75, 3.05) is 5.32 Å². The van der Waals surface area contributed by atoms with Crippen LogP contribution in [-0.4, -0.2) is 20.9 Å². The van der Waals surface area contributed by atoms with Crippen LogP contribution in [0.1, 0.15) is 32.0 Å². The van der Waals surface area contributed by atoms with E-state index in [0.717, 1.165) is 24.3 Å². The molecule has 2 aromatic heterocycles. The second-order valence-corrected chi connectivity index (χ2v) is 5.00. The molecule has 1 N–H and O–H groups in total. The van der Waals surface area contributed by atoms with Gasteiger partial charge in [-0.15, -0.1) is 0 Å². The first-order valence-electron chi connectivity index (χ1n) is 6.97. The van der Waals surface area contributed by atoms with E-state index >= 15 is 0 Å². The summed E-state index contributed by atoms with van der Waals surface area (Å²) in [5.41, 5.74) is 3.23. The Hall–Kier alpha value is -2.04. The molecule has 0 saturated heterocycles. The fraction of sp³-hybridized carbons (Fsp3) is 0.467. The van der Waals surface area contributed by atoms with Gasteiger partial charge in [-0.05, 0) is 32.4 Å². The Bertz CT molecular complexity index is 563. The van der Waals surface area contributed by atoms with E-state index < -0.39 is 0 Å². The van der Waals surface area contributed by atoms with E-state index in [9.17, 15) is 0 Å². The second kappa shape index (κ2) is 6.41. The van der Waals surface area contributed by atoms with Crippen molar-refractivity contribution < 1.29 is 4.74 Å². The lowest BCUT2D eigenvalue weighted by Gasteiger charge is -2.14. The smallest absolute Gasteiger partial charge is 0.237 e. The van der Waals surface area contributed by atoms with Crippen LogP contribution in [0.3, 0.4) is 0 Å². The molecule has 0 radical (unpaired) electrons. The third kappa shape index (κ3) is 3.50. The molecule has 20 heavy (non-hydrogen) atoms. The maximum absolute atomic E-state index is 5.70. The second-order valence-electron chi connectivity index (χ2n) is 5.00. The average Bonchev–Trinajstić information content (AvgIpc) is 2.77. The Kier molecular flexibility index (Phi) is 4.61. The third-order valence-electron chi connectivity index (χ3n) is 2.91. The molecule has 2 aromatic rings. The van der Waals surface area contributed by atoms with Crippen LogP contribution in [0.5, 0.6) is 5.88 Å². The highest BCUT2D eigenvalue weighted by molar-refractivity contribution is 5.52. The molecule has 0 fully saturated rings. The van der Waals surface area contributed by atoms with Gasteiger partial charge in [0, 0.05) is 31.5 Å². The summed E-state index contributed by atoms with van der Waals surface area (Å²) in [5, 5.41) is 7.82. The quantitative estimate of drug-likeness (QED) is 0.880. The van der Waals surface area contributed by atoms with E-state index in [1.807, 2.05) is 43.9 Å². The number of pyridine rings is 1. The van der Waals surface area contributed by atoms with Gasteiger partial charge >= 0.3 is 0 Å². The van der Waals surface area contributed by atoms with Crippen LogP contribution in [0, 0.1) is 0 Å². The van der Waals surface area contributed by atoms with E-state index in [1.165, 1.54) is 5.56 Å². The van der Waals surface area contributed by atoms with Crippen molar-refractivity contribution in [3.8, 4) is 5.88 Å². The van der Waals surface area contributed by atoms with Crippen LogP contribution in [0.2, 0.25) is 0 Å². The van der Waals surface area contributed by atoms with Crippen molar-refractivity contribution in [1.29, 1.82) is 0 Å². The van der Waals surface area contributed by atoms with Gasteiger partial charge < -0.3 is 10.1 Å². The van der Waals surface area contributed by atoms with Crippen LogP contribution >= 0.6 is 0 Å². The Morgan fingerprint density at radius 3 is 2.90 bits per heavy atom. The van der Waals surface area contributed by atoms with Crippen LogP contribution in [0.4, 0.5) is 5.69 Å². The minimum atomic E-state index is 0.107. The molecule has 0 aliphatic heterocycles. The van der Waals surface area contributed by atoms with Gasteiger partial charge in [-0.25, -0.2) is 4.98 Å². The standard InChI is InChI=1S/C15H22N4O/c1-5-13-12(10-19(4)18-13)9-17-14-7-6-8-16-15(14)20-11(2)3/h6-8,10-11,17H,5,9H2,1-4H3. The zero-order valence-corrected chi connectivity index (χ0v) is 12.6. The van der Waals surface area contributed by atoms with Crippen LogP contribution in [-0.2, 0) is 20.0 Å². The average molecular weight is 274 g/mol. The summed E-state index contributed by atoms with van der Waals surface area (Å²) in [6, 6.07) is 3.88. The number of aromatic nitrogens is 3. The zero-order chi connectivity index (χ0) is 14.5. The lowest BCUT2D eigenvalue weighted by Crippen LogP contribution is -2.10. The molecule has 0 aromatic carbocycles. The summed E-state index contributed by atoms with van der Waals surface area (Å²) >= 11 is 0. The minimum Gasteiger partial charge on any atom is -0.473 e. The number of nitrogens with one attached hydrogen (secondary N) is 1. The molecule has 5 heteroatoms. The number of anilines is 1. The van der Waals surface area contributed by atoms with Gasteiger partial charge in [0.1, 0.15) is 0 Å². The van der Waals surface area contributed by atoms with Crippen molar-refractivity contribution in [2.24, 2.45) is 7.05 Å². The number of hydrogen-bond acceptors (Lipinski definition) is 4. The Morgan fingerprint density at radius 1 is 1.40 bits per heavy atom. The van der Waals surface area contributed by atoms with Gasteiger partial charge in [-0.2, -0.15) is 5.10 Å². The van der Waals surface area contributed by atoms with E-state index in [2.05, 4.69) is 22.3 Å². The molecular formula is C15H22N4O. The number of aryl methyl sites for hydroxylation is 2. The summed E-state index contributed by atoms with van der Waals surface area (Å²) in [7, 11) is 1.94. The van der Waals surface area contributed by atoms with Gasteiger partial charge in [-0.1, -0.05) is 6.92 Å². The van der Waals surface area contributed by atoms with Crippen LogP contribution in [0.15, 0.2) is 24.5 Å². The third-order valence-corrected chi connectivity index (χ3v) is 2.91. The number of ether oxygens (including phenoxy) is 1. The Balaban J connectivity index is 2.10. The highest BCUT2D eigenvalue weighted by Gasteiger charge is 2.09. The van der Waals surface area contributed by atoms with Crippen molar-refractivity contribution in [2.45, 2.75) is 39.8 Å². The molecule has 2 heterocycles. The first-order chi connectivity index (χ1) is 9.60. The van der Waals surface area contributed by atoms with Gasteiger partial charge in [0.2, 0.25) is 5.88 Å². The molecule has 0 atom stereocenters. The van der Waals surface area contributed by atoms with Crippen molar-refractivity contribution in [3.05, 3.63) is 35.8 Å². The monoisotopic (exact) mass is 274 g/mol. The molecule has 0 unspecified atom stereocenters. The molecule has 0 amide bonds. The summed E-state index contributed by atoms with van der Waals surface area (Å²) < 4.78 is 7.55. The topological polar surface area (TPSA) is 52.0 Å². The van der Waals surface area contributed by atoms with E-state index in [4.69, 9.17) is 4.74 Å². The number of nitrogens with zero attached hydrogens (tertiary/aromatic N) is 3. The number of rotatable bonds is 6. The summed E-state index contributed by atoms with van der Waals surface area (Å²) in [4.78, 5) is 4.27. The summed E-state index contributed by atoms with van der Waals surface area (Å²) in [6.07, 6.45) is 4.82. The molecule has 0 aliphatic carbocycles. The van der Waals surface area contributed by atoms with Crippen molar-refractivity contribution in [1.82, 2.24) is 14.8 Å². The fourth-order valence-electron chi connectivity index (χ4n) is 2.06. The normalized spacial score (nSPS) is 10.8. The molecule has 0 aliphatic rings. The van der Waals surface area contributed by atoms with Gasteiger partial charge in [-0.3, -0.25) is 4.68 Å². The largest absolute Gasteiger partial charge is 0.473 e. The Labute approximate surface area is 120 Å². The van der Waals surface area contributed by atoms with E-state index in [-0.39, 0.29) is 6.10 Å². The molecule has 108 valence electrons. The van der Waals surface area contributed by atoms with Crippen LogP contribution < -0.4 is 10.1 Å². The Morgan fingerprint density at radius 2 is 2.20 bits per heavy atom. The molecule has 5 nitrogen and oxygen atoms in total. The highest BCUT2D eigenvalue weighted by atomic mass is 16.5.